The van der Waals surface area contributed by atoms with Crippen LogP contribution >= 0.6 is 7.14 Å². The van der Waals surface area contributed by atoms with Crippen LogP contribution in [0.25, 0.3) is 28.1 Å². The van der Waals surface area contributed by atoms with Crippen LogP contribution in [0.4, 0.5) is 10.1 Å². The number of anilines is 1. The second kappa shape index (κ2) is 16.5. The van der Waals surface area contributed by atoms with Crippen molar-refractivity contribution in [2.45, 2.75) is 90.6 Å². The van der Waals surface area contributed by atoms with E-state index in [1.54, 1.807) is 75.2 Å². The van der Waals surface area contributed by atoms with E-state index in [4.69, 9.17) is 14.4 Å². The number of aliphatic hydroxyl groups is 1. The summed E-state index contributed by atoms with van der Waals surface area (Å²) in [5, 5.41) is 24.3. The van der Waals surface area contributed by atoms with Crippen LogP contribution in [-0.4, -0.2) is 88.3 Å². The monoisotopic (exact) mass is 931 g/mol. The summed E-state index contributed by atoms with van der Waals surface area (Å²) >= 11 is 0. The van der Waals surface area contributed by atoms with E-state index in [9.17, 15) is 19.3 Å². The number of amides is 1. The van der Waals surface area contributed by atoms with Gasteiger partial charge in [0.15, 0.2) is 5.82 Å². The van der Waals surface area contributed by atoms with Crippen molar-refractivity contribution in [2.75, 3.05) is 38.3 Å². The molecule has 1 amide bonds. The molecule has 16 nitrogen and oxygen atoms in total. The molecule has 0 radical (unpaired) electrons. The molecule has 67 heavy (non-hydrogen) atoms. The molecule has 5 atom stereocenters. The summed E-state index contributed by atoms with van der Waals surface area (Å²) in [5.74, 6) is -1.23. The molecule has 1 saturated carbocycles. The summed E-state index contributed by atoms with van der Waals surface area (Å²) in [6.07, 6.45) is 6.34. The Morgan fingerprint density at radius 2 is 1.75 bits per heavy atom. The van der Waals surface area contributed by atoms with Crippen LogP contribution in [0, 0.1) is 25.6 Å². The number of carbonyl (C=O) groups excluding carboxylic acids is 1. The normalized spacial score (nSPS) is 21.1. The van der Waals surface area contributed by atoms with E-state index in [2.05, 4.69) is 40.6 Å². The molecule has 10 rings (SSSR count). The minimum atomic E-state index is -3.19. The highest BCUT2D eigenvalue weighted by atomic mass is 31.2. The summed E-state index contributed by atoms with van der Waals surface area (Å²) in [5.41, 5.74) is 4.90. The molecule has 2 fully saturated rings. The number of carbonyl (C=O) groups is 1. The number of nitrogens with one attached hydrogen (secondary N) is 2. The topological polar surface area (TPSA) is 187 Å². The number of halogens is 1. The molecule has 3 aromatic carbocycles. The zero-order valence-electron chi connectivity index (χ0n) is 38.7. The first-order valence-corrected chi connectivity index (χ1v) is 25.0. The first kappa shape index (κ1) is 44.5. The van der Waals surface area contributed by atoms with E-state index in [1.807, 2.05) is 22.5 Å². The third-order valence-electron chi connectivity index (χ3n) is 14.6. The number of benzene rings is 3. The lowest BCUT2D eigenvalue weighted by molar-refractivity contribution is 0.0663. The predicted molar refractivity (Wildman–Crippen MR) is 253 cm³/mol. The Balaban J connectivity index is 1.11. The van der Waals surface area contributed by atoms with E-state index in [0.29, 0.717) is 101 Å². The van der Waals surface area contributed by atoms with Gasteiger partial charge in [-0.2, -0.15) is 5.10 Å². The van der Waals surface area contributed by atoms with Gasteiger partial charge in [-0.15, -0.1) is 0 Å². The SMILES string of the molecule is CC[P@@](=O)(c1ccc(-n2ccn(-c3c4c(nn3-c3cc(C)c(F)c(C)c3)CCN(C(=O)c3cc5cc(C6CCOCC6)ccc5n3[C@@]3(c5noc(=O)[nH]5)C[C@@H]3C)[C@H]4C)c2=O)cc1NC)C(C)O. The second-order valence-corrected chi connectivity index (χ2v) is 21.9. The highest BCUT2D eigenvalue weighted by Gasteiger charge is 2.59. The number of aliphatic hydroxyl groups excluding tert-OH is 1. The fourth-order valence-electron chi connectivity index (χ4n) is 10.8. The van der Waals surface area contributed by atoms with Gasteiger partial charge in [0.2, 0.25) is 0 Å². The molecule has 2 aliphatic heterocycles. The number of hydrogen-bond donors (Lipinski definition) is 3. The summed E-state index contributed by atoms with van der Waals surface area (Å²) in [6.45, 7) is 12.4. The summed E-state index contributed by atoms with van der Waals surface area (Å²) < 4.78 is 46.5. The van der Waals surface area contributed by atoms with Crippen LogP contribution in [0.1, 0.15) is 103 Å². The molecule has 0 bridgehead atoms. The molecular formula is C49H55FN9O7P. The van der Waals surface area contributed by atoms with Crippen molar-refractivity contribution in [3.05, 3.63) is 133 Å². The Morgan fingerprint density at radius 1 is 1.03 bits per heavy atom. The predicted octanol–water partition coefficient (Wildman–Crippen LogP) is 7.03. The lowest BCUT2D eigenvalue weighted by Crippen LogP contribution is -2.41. The van der Waals surface area contributed by atoms with E-state index in [0.717, 1.165) is 23.7 Å². The van der Waals surface area contributed by atoms with Crippen LogP contribution in [-0.2, 0) is 21.3 Å². The minimum absolute atomic E-state index is 0.00843. The Hall–Kier alpha value is -6.29. The van der Waals surface area contributed by atoms with E-state index < -0.39 is 36.0 Å². The average molecular weight is 932 g/mol. The summed E-state index contributed by atoms with van der Waals surface area (Å²) in [6, 6.07) is 16.2. The molecule has 3 N–H and O–H groups in total. The van der Waals surface area contributed by atoms with Gasteiger partial charge in [-0.1, -0.05) is 25.1 Å². The van der Waals surface area contributed by atoms with Crippen LogP contribution in [0.3, 0.4) is 0 Å². The third-order valence-corrected chi connectivity index (χ3v) is 18.0. The van der Waals surface area contributed by atoms with Crippen molar-refractivity contribution in [3.8, 4) is 17.2 Å². The van der Waals surface area contributed by atoms with Gasteiger partial charge in [-0.05, 0) is 124 Å². The number of hydrogen-bond acceptors (Lipinski definition) is 10. The zero-order valence-corrected chi connectivity index (χ0v) is 39.6. The first-order chi connectivity index (χ1) is 32.1. The molecule has 18 heteroatoms. The van der Waals surface area contributed by atoms with Gasteiger partial charge in [0.25, 0.3) is 5.91 Å². The summed E-state index contributed by atoms with van der Waals surface area (Å²) in [7, 11) is -1.48. The number of aromatic nitrogens is 7. The Labute approximate surface area is 385 Å². The van der Waals surface area contributed by atoms with Crippen molar-refractivity contribution in [3.63, 3.8) is 0 Å². The maximum Gasteiger partial charge on any atom is 0.438 e. The molecule has 1 saturated heterocycles. The molecule has 7 aromatic rings. The molecule has 350 valence electrons. The molecule has 6 heterocycles. The maximum absolute atomic E-state index is 15.5. The van der Waals surface area contributed by atoms with E-state index >= 15 is 9.18 Å². The first-order valence-electron chi connectivity index (χ1n) is 23.0. The average Bonchev–Trinajstić information content (AvgIpc) is 3.82. The number of imidazole rings is 1. The molecular weight excluding hydrogens is 877 g/mol. The van der Waals surface area contributed by atoms with Crippen LogP contribution in [0.2, 0.25) is 0 Å². The molecule has 3 aliphatic rings. The fraction of sp³-hybridized carbons (Fsp3) is 0.408. The van der Waals surface area contributed by atoms with Crippen molar-refractivity contribution < 1.29 is 28.1 Å². The van der Waals surface area contributed by atoms with E-state index in [1.165, 1.54) is 21.6 Å². The fourth-order valence-corrected chi connectivity index (χ4v) is 13.0. The number of fused-ring (bicyclic) bond motifs is 2. The molecule has 0 spiro atoms. The Bertz CT molecular complexity index is 3260. The van der Waals surface area contributed by atoms with Gasteiger partial charge in [0.05, 0.1) is 23.1 Å². The minimum Gasteiger partial charge on any atom is -0.387 e. The number of ether oxygens (including phenoxy) is 1. The standard InChI is InChI=1S/C49H55FN9O7P/c1-8-67(64,31(6)60)41-12-10-35(25-38(41)51-7)56-17-18-57(48(56)63)44-42-30(5)55(16-13-37(42)53-59(44)36-21-27(2)43(50)28(3)22-36)45(61)40-24-34-23-33(32-14-19-65-20-15-32)9-11-39(34)58(40)49(26-29(49)4)46-52-47(62)66-54-46/h9-12,17-18,21-25,29-32,51,60H,8,13-16,19-20,26H2,1-7H3,(H,52,54,62)/t29-,30-,31?,49-,67-/m0/s1. The van der Waals surface area contributed by atoms with Gasteiger partial charge in [-0.3, -0.25) is 23.4 Å². The smallest absolute Gasteiger partial charge is 0.387 e. The van der Waals surface area contributed by atoms with Gasteiger partial charge in [0.1, 0.15) is 35.9 Å². The lowest BCUT2D eigenvalue weighted by Gasteiger charge is -2.34. The van der Waals surface area contributed by atoms with Crippen LogP contribution in [0.5, 0.6) is 0 Å². The van der Waals surface area contributed by atoms with Crippen molar-refractivity contribution >= 4 is 34.9 Å². The number of aromatic amines is 1. The highest BCUT2D eigenvalue weighted by Crippen LogP contribution is 2.56. The van der Waals surface area contributed by atoms with Gasteiger partial charge < -0.3 is 29.2 Å². The van der Waals surface area contributed by atoms with E-state index in [-0.39, 0.29) is 23.8 Å². The van der Waals surface area contributed by atoms with Crippen LogP contribution in [0.15, 0.2) is 81.1 Å². The van der Waals surface area contributed by atoms with Gasteiger partial charge >= 0.3 is 11.4 Å². The number of aryl methyl sites for hydroxylation is 2. The quantitative estimate of drug-likeness (QED) is 0.114. The van der Waals surface area contributed by atoms with Crippen molar-refractivity contribution in [1.29, 1.82) is 0 Å². The zero-order chi connectivity index (χ0) is 47.3. The molecule has 1 unspecified atom stereocenters. The number of H-pyrrole nitrogens is 1. The van der Waals surface area contributed by atoms with Crippen LogP contribution < -0.4 is 22.1 Å². The highest BCUT2D eigenvalue weighted by molar-refractivity contribution is 7.72. The van der Waals surface area contributed by atoms with Crippen molar-refractivity contribution in [1.82, 2.24) is 38.5 Å². The lowest BCUT2D eigenvalue weighted by atomic mass is 9.91. The van der Waals surface area contributed by atoms with Crippen molar-refractivity contribution in [2.24, 2.45) is 5.92 Å². The maximum atomic E-state index is 15.5. The largest absolute Gasteiger partial charge is 0.438 e. The van der Waals surface area contributed by atoms with Gasteiger partial charge in [-0.25, -0.2) is 18.7 Å². The number of rotatable bonds is 11. The Kier molecular flexibility index (Phi) is 11.0. The third kappa shape index (κ3) is 6.99. The number of nitrogens with zero attached hydrogens (tertiary/aromatic N) is 7. The van der Waals surface area contributed by atoms with Gasteiger partial charge in [0, 0.05) is 79.2 Å². The molecule has 4 aromatic heterocycles. The molecule has 1 aliphatic carbocycles. The second-order valence-electron chi connectivity index (χ2n) is 18.5. The Morgan fingerprint density at radius 3 is 2.39 bits per heavy atom. The summed E-state index contributed by atoms with van der Waals surface area (Å²) in [4.78, 5) is 47.4.